The van der Waals surface area contributed by atoms with Crippen LogP contribution >= 0.6 is 0 Å². The minimum atomic E-state index is -1.56. The topological polar surface area (TPSA) is 72.5 Å². The Hall–Kier alpha value is -0.870. The molecule has 0 aromatic carbocycles. The van der Waals surface area contributed by atoms with Gasteiger partial charge in [0.15, 0.2) is 5.60 Å². The minimum Gasteiger partial charge on any atom is -0.378 e. The lowest BCUT2D eigenvalue weighted by molar-refractivity contribution is -0.177. The number of nitrogens with two attached hydrogens (primary N) is 1. The molecular formula is C21H41NO3. The van der Waals surface area contributed by atoms with E-state index in [1.54, 1.807) is 0 Å². The molecule has 0 aliphatic carbocycles. The van der Waals surface area contributed by atoms with Crippen molar-refractivity contribution < 1.29 is 14.7 Å². The number of allylic oxidation sites excluding steroid dienone is 2. The first-order chi connectivity index (χ1) is 11.8. The molecule has 1 atom stereocenters. The number of carbonyl (C=O) groups is 1. The van der Waals surface area contributed by atoms with Crippen LogP contribution in [0, 0.1) is 5.41 Å². The third kappa shape index (κ3) is 10.0. The monoisotopic (exact) mass is 355 g/mol. The van der Waals surface area contributed by atoms with Gasteiger partial charge in [-0.05, 0) is 39.0 Å². The molecule has 0 spiro atoms. The van der Waals surface area contributed by atoms with Gasteiger partial charge in [-0.1, -0.05) is 77.9 Å². The molecule has 4 nitrogen and oxygen atoms in total. The molecular weight excluding hydrogens is 314 g/mol. The average Bonchev–Trinajstić information content (AvgIpc) is 2.57. The number of unbranched alkanes of at least 4 members (excludes halogenated alkanes) is 9. The lowest BCUT2D eigenvalue weighted by Crippen LogP contribution is -2.50. The first kappa shape index (κ1) is 24.1. The summed E-state index contributed by atoms with van der Waals surface area (Å²) < 4.78 is 0. The third-order valence-corrected chi connectivity index (χ3v) is 5.39. The molecule has 25 heavy (non-hydrogen) atoms. The number of carbonyl (C=O) groups excluding carboxylic acids is 1. The summed E-state index contributed by atoms with van der Waals surface area (Å²) in [5.41, 5.74) is -2.12. The van der Waals surface area contributed by atoms with Crippen LogP contribution in [-0.2, 0) is 9.63 Å². The Labute approximate surface area is 155 Å². The van der Waals surface area contributed by atoms with Crippen molar-refractivity contribution in [2.24, 2.45) is 11.3 Å². The van der Waals surface area contributed by atoms with Crippen molar-refractivity contribution in [2.45, 2.75) is 110 Å². The third-order valence-electron chi connectivity index (χ3n) is 5.39. The van der Waals surface area contributed by atoms with Crippen molar-refractivity contribution in [3.05, 3.63) is 12.2 Å². The highest BCUT2D eigenvalue weighted by atomic mass is 16.7. The summed E-state index contributed by atoms with van der Waals surface area (Å²) in [6.45, 7) is 7.49. The van der Waals surface area contributed by atoms with Gasteiger partial charge in [0.25, 0.3) is 0 Å². The van der Waals surface area contributed by atoms with Crippen LogP contribution in [0.5, 0.6) is 0 Å². The SMILES string of the molecule is CCCCCCCC/C=C\CCCCCC(C)(C)C(C)(O)C(=O)ON. The van der Waals surface area contributed by atoms with Gasteiger partial charge in [-0.2, -0.15) is 5.90 Å². The van der Waals surface area contributed by atoms with E-state index in [0.29, 0.717) is 0 Å². The molecule has 4 heteroatoms. The fraction of sp³-hybridized carbons (Fsp3) is 0.857. The maximum absolute atomic E-state index is 11.6. The fourth-order valence-corrected chi connectivity index (χ4v) is 2.92. The van der Waals surface area contributed by atoms with Crippen LogP contribution in [0.25, 0.3) is 0 Å². The number of aliphatic hydroxyl groups is 1. The highest BCUT2D eigenvalue weighted by molar-refractivity contribution is 5.79. The predicted molar refractivity (Wildman–Crippen MR) is 105 cm³/mol. The maximum atomic E-state index is 11.6. The van der Waals surface area contributed by atoms with Crippen molar-refractivity contribution in [2.75, 3.05) is 0 Å². The van der Waals surface area contributed by atoms with E-state index in [1.165, 1.54) is 51.9 Å². The van der Waals surface area contributed by atoms with Crippen molar-refractivity contribution >= 4 is 5.97 Å². The lowest BCUT2D eigenvalue weighted by Gasteiger charge is -2.37. The first-order valence-electron chi connectivity index (χ1n) is 10.1. The molecule has 0 aromatic rings. The Morgan fingerprint density at radius 1 is 0.920 bits per heavy atom. The molecule has 3 N–H and O–H groups in total. The van der Waals surface area contributed by atoms with Crippen LogP contribution in [0.4, 0.5) is 0 Å². The average molecular weight is 356 g/mol. The van der Waals surface area contributed by atoms with Crippen molar-refractivity contribution in [3.8, 4) is 0 Å². The summed E-state index contributed by atoms with van der Waals surface area (Å²) in [6.07, 6.45) is 19.0. The zero-order chi connectivity index (χ0) is 19.2. The van der Waals surface area contributed by atoms with Crippen LogP contribution < -0.4 is 5.90 Å². The van der Waals surface area contributed by atoms with E-state index in [1.807, 2.05) is 13.8 Å². The molecule has 0 aliphatic heterocycles. The predicted octanol–water partition coefficient (Wildman–Crippen LogP) is 5.44. The van der Waals surface area contributed by atoms with Crippen LogP contribution in [0.3, 0.4) is 0 Å². The summed E-state index contributed by atoms with van der Waals surface area (Å²) in [5.74, 6) is 4.14. The normalized spacial score (nSPS) is 14.6. The van der Waals surface area contributed by atoms with Gasteiger partial charge in [-0.3, -0.25) is 0 Å². The zero-order valence-corrected chi connectivity index (χ0v) is 17.0. The Morgan fingerprint density at radius 2 is 1.40 bits per heavy atom. The second kappa shape index (κ2) is 13.3. The largest absolute Gasteiger partial charge is 0.378 e. The molecule has 0 amide bonds. The number of hydrogen-bond acceptors (Lipinski definition) is 4. The highest BCUT2D eigenvalue weighted by Gasteiger charge is 2.46. The lowest BCUT2D eigenvalue weighted by atomic mass is 9.72. The molecule has 0 rings (SSSR count). The molecule has 0 aliphatic rings. The van der Waals surface area contributed by atoms with Crippen molar-refractivity contribution in [1.29, 1.82) is 0 Å². The van der Waals surface area contributed by atoms with Gasteiger partial charge in [0, 0.05) is 5.41 Å². The van der Waals surface area contributed by atoms with Gasteiger partial charge in [-0.15, -0.1) is 0 Å². The van der Waals surface area contributed by atoms with E-state index < -0.39 is 17.0 Å². The highest BCUT2D eigenvalue weighted by Crippen LogP contribution is 2.36. The van der Waals surface area contributed by atoms with E-state index >= 15 is 0 Å². The zero-order valence-electron chi connectivity index (χ0n) is 17.0. The van der Waals surface area contributed by atoms with Gasteiger partial charge < -0.3 is 9.94 Å². The second-order valence-electron chi connectivity index (χ2n) is 7.99. The molecule has 148 valence electrons. The number of hydrogen-bond donors (Lipinski definition) is 2. The molecule has 0 saturated carbocycles. The van der Waals surface area contributed by atoms with Crippen LogP contribution in [0.15, 0.2) is 12.2 Å². The summed E-state index contributed by atoms with van der Waals surface area (Å²) in [4.78, 5) is 15.8. The quantitative estimate of drug-likeness (QED) is 0.233. The van der Waals surface area contributed by atoms with Crippen molar-refractivity contribution in [3.63, 3.8) is 0 Å². The Bertz CT molecular complexity index is 375. The second-order valence-corrected chi connectivity index (χ2v) is 7.99. The Kier molecular flexibility index (Phi) is 12.9. The molecule has 0 saturated heterocycles. The van der Waals surface area contributed by atoms with E-state index in [-0.39, 0.29) is 0 Å². The van der Waals surface area contributed by atoms with Gasteiger partial charge in [0.2, 0.25) is 0 Å². The van der Waals surface area contributed by atoms with Crippen LogP contribution in [0.2, 0.25) is 0 Å². The van der Waals surface area contributed by atoms with Gasteiger partial charge in [0.05, 0.1) is 0 Å². The molecule has 0 fully saturated rings. The van der Waals surface area contributed by atoms with Crippen molar-refractivity contribution in [1.82, 2.24) is 0 Å². The van der Waals surface area contributed by atoms with E-state index in [2.05, 4.69) is 23.9 Å². The summed E-state index contributed by atoms with van der Waals surface area (Å²) >= 11 is 0. The number of rotatable bonds is 15. The van der Waals surface area contributed by atoms with E-state index in [9.17, 15) is 9.90 Å². The van der Waals surface area contributed by atoms with Crippen LogP contribution in [0.1, 0.15) is 105 Å². The molecule has 0 radical (unpaired) electrons. The van der Waals surface area contributed by atoms with Crippen LogP contribution in [-0.4, -0.2) is 16.7 Å². The van der Waals surface area contributed by atoms with E-state index in [0.717, 1.165) is 32.1 Å². The molecule has 1 unspecified atom stereocenters. The van der Waals surface area contributed by atoms with Gasteiger partial charge >= 0.3 is 5.97 Å². The van der Waals surface area contributed by atoms with Gasteiger partial charge in [0.1, 0.15) is 0 Å². The maximum Gasteiger partial charge on any atom is 0.356 e. The fourth-order valence-electron chi connectivity index (χ4n) is 2.92. The molecule has 0 bridgehead atoms. The first-order valence-corrected chi connectivity index (χ1v) is 10.1. The Balaban J connectivity index is 3.72. The molecule has 0 aromatic heterocycles. The molecule has 0 heterocycles. The summed E-state index contributed by atoms with van der Waals surface area (Å²) in [5, 5.41) is 10.3. The standard InChI is InChI=1S/C21H41NO3/c1-5-6-7-8-9-10-11-12-13-14-15-16-17-18-20(2,3)21(4,24)19(23)25-22/h12-13,24H,5-11,14-18,22H2,1-4H3/b13-12-. The Morgan fingerprint density at radius 3 is 1.92 bits per heavy atom. The van der Waals surface area contributed by atoms with E-state index in [4.69, 9.17) is 5.90 Å². The van der Waals surface area contributed by atoms with Gasteiger partial charge in [-0.25, -0.2) is 4.79 Å². The smallest absolute Gasteiger partial charge is 0.356 e. The minimum absolute atomic E-state index is 0.558. The summed E-state index contributed by atoms with van der Waals surface area (Å²) in [7, 11) is 0. The summed E-state index contributed by atoms with van der Waals surface area (Å²) in [6, 6.07) is 0.